The standard InChI is InChI=1S/C22H24N2O7/c1-4-30-20(26)22(3,21(27)31-5-2)18(15-11-13-17(14-12-15)24(28)29)23-19(25)16-9-7-6-8-10-16/h6-14,18H,4-5H2,1-3H3,(H,23,25). The predicted octanol–water partition coefficient (Wildman–Crippen LogP) is 3.20. The smallest absolute Gasteiger partial charge is 0.325 e. The van der Waals surface area contributed by atoms with Gasteiger partial charge in [-0.3, -0.25) is 24.5 Å². The number of amides is 1. The SMILES string of the molecule is CCOC(=O)C(C)(C(=O)OCC)C(NC(=O)c1ccccc1)c1ccc([N+](=O)[O-])cc1. The number of nitrogens with zero attached hydrogens (tertiary/aromatic N) is 1. The Bertz CT molecular complexity index is 924. The predicted molar refractivity (Wildman–Crippen MR) is 111 cm³/mol. The van der Waals surface area contributed by atoms with E-state index in [2.05, 4.69) is 5.32 Å². The molecule has 2 aromatic carbocycles. The molecule has 1 atom stereocenters. The number of carbonyl (C=O) groups excluding carboxylic acids is 3. The van der Waals surface area contributed by atoms with Crippen molar-refractivity contribution in [3.63, 3.8) is 0 Å². The Morgan fingerprint density at radius 3 is 1.94 bits per heavy atom. The van der Waals surface area contributed by atoms with Crippen molar-refractivity contribution in [3.05, 3.63) is 75.8 Å². The summed E-state index contributed by atoms with van der Waals surface area (Å²) in [5.74, 6) is -2.31. The van der Waals surface area contributed by atoms with E-state index < -0.39 is 34.2 Å². The molecule has 0 heterocycles. The first-order valence-electron chi connectivity index (χ1n) is 9.70. The summed E-state index contributed by atoms with van der Waals surface area (Å²) in [6, 6.07) is 12.3. The highest BCUT2D eigenvalue weighted by atomic mass is 16.6. The number of nitro benzene ring substituents is 1. The number of nitrogens with one attached hydrogen (secondary N) is 1. The van der Waals surface area contributed by atoms with Crippen molar-refractivity contribution in [1.82, 2.24) is 5.32 Å². The molecule has 9 heteroatoms. The monoisotopic (exact) mass is 428 g/mol. The van der Waals surface area contributed by atoms with Gasteiger partial charge < -0.3 is 14.8 Å². The Morgan fingerprint density at radius 1 is 0.968 bits per heavy atom. The second kappa shape index (κ2) is 10.3. The molecule has 9 nitrogen and oxygen atoms in total. The van der Waals surface area contributed by atoms with Gasteiger partial charge in [0.15, 0.2) is 5.41 Å². The van der Waals surface area contributed by atoms with Crippen LogP contribution in [0, 0.1) is 15.5 Å². The molecule has 0 aliphatic rings. The summed E-state index contributed by atoms with van der Waals surface area (Å²) in [7, 11) is 0. The van der Waals surface area contributed by atoms with E-state index in [0.717, 1.165) is 0 Å². The van der Waals surface area contributed by atoms with Crippen LogP contribution in [-0.4, -0.2) is 36.0 Å². The number of carbonyl (C=O) groups is 3. The van der Waals surface area contributed by atoms with E-state index >= 15 is 0 Å². The molecule has 0 saturated carbocycles. The van der Waals surface area contributed by atoms with Crippen molar-refractivity contribution in [2.45, 2.75) is 26.8 Å². The highest BCUT2D eigenvalue weighted by molar-refractivity contribution is 6.02. The highest BCUT2D eigenvalue weighted by Gasteiger charge is 2.52. The molecule has 2 rings (SSSR count). The molecular formula is C22H24N2O7. The van der Waals surface area contributed by atoms with Gasteiger partial charge in [0.1, 0.15) is 0 Å². The van der Waals surface area contributed by atoms with Crippen molar-refractivity contribution in [2.75, 3.05) is 13.2 Å². The zero-order chi connectivity index (χ0) is 23.0. The maximum absolute atomic E-state index is 12.9. The topological polar surface area (TPSA) is 125 Å². The van der Waals surface area contributed by atoms with Gasteiger partial charge in [0.25, 0.3) is 11.6 Å². The zero-order valence-electron chi connectivity index (χ0n) is 17.5. The fraction of sp³-hybridized carbons (Fsp3) is 0.318. The summed E-state index contributed by atoms with van der Waals surface area (Å²) in [5, 5.41) is 13.7. The van der Waals surface area contributed by atoms with E-state index in [4.69, 9.17) is 9.47 Å². The molecule has 0 aromatic heterocycles. The number of rotatable bonds is 9. The number of hydrogen-bond donors (Lipinski definition) is 1. The third kappa shape index (κ3) is 5.25. The van der Waals surface area contributed by atoms with E-state index in [0.29, 0.717) is 11.1 Å². The van der Waals surface area contributed by atoms with Crippen LogP contribution in [0.5, 0.6) is 0 Å². The molecule has 0 bridgehead atoms. The lowest BCUT2D eigenvalue weighted by Crippen LogP contribution is -2.50. The van der Waals surface area contributed by atoms with Crippen molar-refractivity contribution < 1.29 is 28.8 Å². The maximum Gasteiger partial charge on any atom is 0.325 e. The van der Waals surface area contributed by atoms with E-state index in [1.54, 1.807) is 44.2 Å². The Balaban J connectivity index is 2.58. The number of non-ortho nitro benzene ring substituents is 1. The highest BCUT2D eigenvalue weighted by Crippen LogP contribution is 2.37. The van der Waals surface area contributed by atoms with Crippen LogP contribution in [0.3, 0.4) is 0 Å². The summed E-state index contributed by atoms with van der Waals surface area (Å²) >= 11 is 0. The Hall–Kier alpha value is -3.75. The molecule has 0 aliphatic carbocycles. The Morgan fingerprint density at radius 2 is 1.48 bits per heavy atom. The third-order valence-electron chi connectivity index (χ3n) is 4.72. The normalized spacial score (nSPS) is 11.8. The van der Waals surface area contributed by atoms with E-state index in [-0.39, 0.29) is 18.9 Å². The minimum absolute atomic E-state index is 0.00738. The van der Waals surface area contributed by atoms with Gasteiger partial charge in [-0.2, -0.15) is 0 Å². The van der Waals surface area contributed by atoms with E-state index in [9.17, 15) is 24.5 Å². The summed E-state index contributed by atoms with van der Waals surface area (Å²) in [4.78, 5) is 49.1. The summed E-state index contributed by atoms with van der Waals surface area (Å²) < 4.78 is 10.3. The lowest BCUT2D eigenvalue weighted by Gasteiger charge is -2.34. The molecule has 164 valence electrons. The van der Waals surface area contributed by atoms with Gasteiger partial charge in [0.05, 0.1) is 24.2 Å². The van der Waals surface area contributed by atoms with Crippen molar-refractivity contribution >= 4 is 23.5 Å². The summed E-state index contributed by atoms with van der Waals surface area (Å²) in [6.07, 6.45) is 0. The van der Waals surface area contributed by atoms with Gasteiger partial charge in [-0.1, -0.05) is 30.3 Å². The van der Waals surface area contributed by atoms with Gasteiger partial charge >= 0.3 is 11.9 Å². The average Bonchev–Trinajstić information content (AvgIpc) is 2.77. The van der Waals surface area contributed by atoms with Gasteiger partial charge in [-0.05, 0) is 38.5 Å². The second-order valence-electron chi connectivity index (χ2n) is 6.76. The van der Waals surface area contributed by atoms with Gasteiger partial charge in [-0.25, -0.2) is 0 Å². The van der Waals surface area contributed by atoms with Crippen molar-refractivity contribution in [3.8, 4) is 0 Å². The molecule has 2 aromatic rings. The third-order valence-corrected chi connectivity index (χ3v) is 4.72. The Labute approximate surface area is 179 Å². The molecule has 0 saturated heterocycles. The van der Waals surface area contributed by atoms with Crippen LogP contribution >= 0.6 is 0 Å². The molecule has 1 N–H and O–H groups in total. The largest absolute Gasteiger partial charge is 0.465 e. The maximum atomic E-state index is 12.9. The average molecular weight is 428 g/mol. The minimum Gasteiger partial charge on any atom is -0.465 e. The number of nitro groups is 1. The first kappa shape index (κ1) is 23.5. The fourth-order valence-electron chi connectivity index (χ4n) is 3.03. The summed E-state index contributed by atoms with van der Waals surface area (Å²) in [6.45, 7) is 4.51. The molecule has 0 spiro atoms. The van der Waals surface area contributed by atoms with Gasteiger partial charge in [0.2, 0.25) is 0 Å². The van der Waals surface area contributed by atoms with E-state index in [1.165, 1.54) is 31.2 Å². The van der Waals surface area contributed by atoms with Crippen LogP contribution in [0.1, 0.15) is 42.7 Å². The fourth-order valence-corrected chi connectivity index (χ4v) is 3.03. The number of esters is 2. The first-order valence-corrected chi connectivity index (χ1v) is 9.70. The van der Waals surface area contributed by atoms with Gasteiger partial charge in [-0.15, -0.1) is 0 Å². The van der Waals surface area contributed by atoms with Crippen LogP contribution in [0.25, 0.3) is 0 Å². The van der Waals surface area contributed by atoms with Crippen molar-refractivity contribution in [1.29, 1.82) is 0 Å². The van der Waals surface area contributed by atoms with Crippen LogP contribution < -0.4 is 5.32 Å². The molecular weight excluding hydrogens is 404 g/mol. The van der Waals surface area contributed by atoms with Crippen LogP contribution in [0.15, 0.2) is 54.6 Å². The van der Waals surface area contributed by atoms with Crippen LogP contribution in [0.4, 0.5) is 5.69 Å². The number of benzene rings is 2. The van der Waals surface area contributed by atoms with Crippen molar-refractivity contribution in [2.24, 2.45) is 5.41 Å². The second-order valence-corrected chi connectivity index (χ2v) is 6.76. The van der Waals surface area contributed by atoms with Crippen LogP contribution in [-0.2, 0) is 19.1 Å². The quantitative estimate of drug-likeness (QED) is 0.281. The lowest BCUT2D eigenvalue weighted by atomic mass is 9.78. The zero-order valence-corrected chi connectivity index (χ0v) is 17.5. The Kier molecular flexibility index (Phi) is 7.84. The van der Waals surface area contributed by atoms with Crippen LogP contribution in [0.2, 0.25) is 0 Å². The first-order chi connectivity index (χ1) is 14.7. The van der Waals surface area contributed by atoms with E-state index in [1.807, 2.05) is 0 Å². The summed E-state index contributed by atoms with van der Waals surface area (Å²) in [5.41, 5.74) is -1.50. The molecule has 0 fully saturated rings. The molecule has 0 aliphatic heterocycles. The molecule has 1 unspecified atom stereocenters. The number of hydrogen-bond acceptors (Lipinski definition) is 7. The molecule has 0 radical (unpaired) electrons. The lowest BCUT2D eigenvalue weighted by molar-refractivity contribution is -0.384. The number of ether oxygens (including phenoxy) is 2. The molecule has 31 heavy (non-hydrogen) atoms. The molecule has 1 amide bonds. The van der Waals surface area contributed by atoms with Gasteiger partial charge in [0, 0.05) is 17.7 Å². The minimum atomic E-state index is -1.94.